The van der Waals surface area contributed by atoms with Gasteiger partial charge in [0.05, 0.1) is 6.61 Å². The number of hydrogen-bond donors (Lipinski definition) is 2. The molecule has 0 aliphatic heterocycles. The molecule has 0 fully saturated rings. The van der Waals surface area contributed by atoms with Crippen LogP contribution in [0, 0.1) is 5.82 Å². The molecule has 0 aliphatic rings. The van der Waals surface area contributed by atoms with E-state index < -0.39 is 0 Å². The number of benzene rings is 2. The van der Waals surface area contributed by atoms with E-state index in [1.165, 1.54) is 12.1 Å². The van der Waals surface area contributed by atoms with E-state index in [4.69, 9.17) is 16.7 Å². The van der Waals surface area contributed by atoms with Crippen LogP contribution in [0.25, 0.3) is 0 Å². The van der Waals surface area contributed by atoms with Crippen molar-refractivity contribution in [2.24, 2.45) is 0 Å². The summed E-state index contributed by atoms with van der Waals surface area (Å²) in [6.07, 6.45) is 0. The van der Waals surface area contributed by atoms with Crippen LogP contribution in [0.5, 0.6) is 0 Å². The zero-order valence-corrected chi connectivity index (χ0v) is 12.6. The van der Waals surface area contributed by atoms with Gasteiger partial charge < -0.3 is 15.3 Å². The normalized spacial score (nSPS) is 10.5. The van der Waals surface area contributed by atoms with Crippen molar-refractivity contribution in [2.45, 2.75) is 6.54 Å². The van der Waals surface area contributed by atoms with Crippen molar-refractivity contribution in [3.05, 3.63) is 58.9 Å². The largest absolute Gasteiger partial charge is 0.395 e. The third-order valence-electron chi connectivity index (χ3n) is 3.24. The summed E-state index contributed by atoms with van der Waals surface area (Å²) in [4.78, 5) is 1.97. The first-order valence-electron chi connectivity index (χ1n) is 6.70. The Labute approximate surface area is 129 Å². The highest BCUT2D eigenvalue weighted by atomic mass is 35.5. The summed E-state index contributed by atoms with van der Waals surface area (Å²) in [5, 5.41) is 12.6. The molecule has 0 saturated heterocycles. The van der Waals surface area contributed by atoms with Gasteiger partial charge in [-0.15, -0.1) is 0 Å². The lowest BCUT2D eigenvalue weighted by Crippen LogP contribution is -2.20. The lowest BCUT2D eigenvalue weighted by atomic mass is 10.2. The van der Waals surface area contributed by atoms with Crippen molar-refractivity contribution >= 4 is 23.0 Å². The van der Waals surface area contributed by atoms with Crippen LogP contribution in [0.4, 0.5) is 15.8 Å². The Morgan fingerprint density at radius 1 is 1.19 bits per heavy atom. The number of halogens is 2. The number of nitrogens with one attached hydrogen (secondary N) is 1. The molecule has 0 heterocycles. The molecule has 0 aromatic heterocycles. The second kappa shape index (κ2) is 7.29. The maximum Gasteiger partial charge on any atom is 0.124 e. The van der Waals surface area contributed by atoms with Crippen LogP contribution >= 0.6 is 11.6 Å². The molecule has 0 atom stereocenters. The fourth-order valence-corrected chi connectivity index (χ4v) is 2.21. The van der Waals surface area contributed by atoms with Gasteiger partial charge in [-0.05, 0) is 42.0 Å². The number of aliphatic hydroxyl groups excluding tert-OH is 1. The minimum Gasteiger partial charge on any atom is -0.395 e. The Balaban J connectivity index is 1.97. The van der Waals surface area contributed by atoms with Crippen LogP contribution in [0.15, 0.2) is 42.5 Å². The van der Waals surface area contributed by atoms with Gasteiger partial charge >= 0.3 is 0 Å². The number of rotatable bonds is 6. The van der Waals surface area contributed by atoms with E-state index in [0.29, 0.717) is 18.1 Å². The first kappa shape index (κ1) is 15.6. The minimum atomic E-state index is -0.333. The molecule has 5 heteroatoms. The Bertz CT molecular complexity index is 589. The number of likely N-dealkylation sites (N-methyl/N-ethyl adjacent to an activating group) is 1. The average Bonchev–Trinajstić information content (AvgIpc) is 2.47. The summed E-state index contributed by atoms with van der Waals surface area (Å²) in [5.74, 6) is -0.333. The molecule has 2 aromatic rings. The molecular weight excluding hydrogens is 291 g/mol. The molecule has 0 bridgehead atoms. The van der Waals surface area contributed by atoms with E-state index >= 15 is 0 Å². The van der Waals surface area contributed by atoms with E-state index in [1.54, 1.807) is 6.07 Å². The standard InChI is InChI=1S/C16H18ClFN2O/c1-20(8-9-21)15-6-4-14(5-7-15)19-11-12-2-3-13(18)10-16(12)17/h2-7,10,19,21H,8-9,11H2,1H3. The molecule has 0 saturated carbocycles. The Hall–Kier alpha value is -1.78. The second-order valence-electron chi connectivity index (χ2n) is 4.78. The van der Waals surface area contributed by atoms with Gasteiger partial charge in [0.1, 0.15) is 5.82 Å². The molecule has 21 heavy (non-hydrogen) atoms. The second-order valence-corrected chi connectivity index (χ2v) is 5.19. The van der Waals surface area contributed by atoms with Crippen molar-refractivity contribution in [3.8, 4) is 0 Å². The molecule has 0 unspecified atom stereocenters. The molecule has 3 nitrogen and oxygen atoms in total. The van der Waals surface area contributed by atoms with Gasteiger partial charge in [0.2, 0.25) is 0 Å². The molecule has 112 valence electrons. The molecule has 2 aromatic carbocycles. The predicted molar refractivity (Wildman–Crippen MR) is 85.5 cm³/mol. The monoisotopic (exact) mass is 308 g/mol. The molecule has 2 rings (SSSR count). The van der Waals surface area contributed by atoms with Crippen LogP contribution < -0.4 is 10.2 Å². The molecular formula is C16H18ClFN2O. The summed E-state index contributed by atoms with van der Waals surface area (Å²) in [7, 11) is 1.93. The Morgan fingerprint density at radius 3 is 2.52 bits per heavy atom. The molecule has 0 aliphatic carbocycles. The fraction of sp³-hybridized carbons (Fsp3) is 0.250. The van der Waals surface area contributed by atoms with Gasteiger partial charge in [0.15, 0.2) is 0 Å². The fourth-order valence-electron chi connectivity index (χ4n) is 1.98. The van der Waals surface area contributed by atoms with Crippen LogP contribution in [0.1, 0.15) is 5.56 Å². The highest BCUT2D eigenvalue weighted by Crippen LogP contribution is 2.20. The van der Waals surface area contributed by atoms with Gasteiger partial charge in [-0.2, -0.15) is 0 Å². The zero-order valence-electron chi connectivity index (χ0n) is 11.8. The van der Waals surface area contributed by atoms with Gasteiger partial charge in [-0.1, -0.05) is 17.7 Å². The third kappa shape index (κ3) is 4.34. The first-order valence-corrected chi connectivity index (χ1v) is 7.08. The van der Waals surface area contributed by atoms with Gasteiger partial charge in [-0.25, -0.2) is 4.39 Å². The van der Waals surface area contributed by atoms with E-state index in [1.807, 2.05) is 36.2 Å². The number of hydrogen-bond acceptors (Lipinski definition) is 3. The summed E-state index contributed by atoms with van der Waals surface area (Å²) >= 11 is 5.99. The topological polar surface area (TPSA) is 35.5 Å². The van der Waals surface area contributed by atoms with Gasteiger partial charge in [-0.3, -0.25) is 0 Å². The zero-order chi connectivity index (χ0) is 15.2. The van der Waals surface area contributed by atoms with Gasteiger partial charge in [0.25, 0.3) is 0 Å². The maximum atomic E-state index is 13.0. The molecule has 2 N–H and O–H groups in total. The van der Waals surface area contributed by atoms with Crippen LogP contribution in [0.3, 0.4) is 0 Å². The van der Waals surface area contributed by atoms with Crippen LogP contribution in [-0.2, 0) is 6.54 Å². The van der Waals surface area contributed by atoms with E-state index in [0.717, 1.165) is 16.9 Å². The van der Waals surface area contributed by atoms with Crippen LogP contribution in [0.2, 0.25) is 5.02 Å². The summed E-state index contributed by atoms with van der Waals surface area (Å²) in [6.45, 7) is 1.25. The first-order chi connectivity index (χ1) is 10.1. The lowest BCUT2D eigenvalue weighted by molar-refractivity contribution is 0.304. The smallest absolute Gasteiger partial charge is 0.124 e. The minimum absolute atomic E-state index is 0.125. The highest BCUT2D eigenvalue weighted by molar-refractivity contribution is 6.31. The van der Waals surface area contributed by atoms with E-state index in [-0.39, 0.29) is 12.4 Å². The third-order valence-corrected chi connectivity index (χ3v) is 3.59. The van der Waals surface area contributed by atoms with Gasteiger partial charge in [0, 0.05) is 36.5 Å². The summed E-state index contributed by atoms with van der Waals surface area (Å²) in [5.41, 5.74) is 2.84. The Morgan fingerprint density at radius 2 is 1.90 bits per heavy atom. The van der Waals surface area contributed by atoms with Crippen molar-refractivity contribution in [2.75, 3.05) is 30.4 Å². The Kier molecular flexibility index (Phi) is 5.42. The van der Waals surface area contributed by atoms with Crippen molar-refractivity contribution in [3.63, 3.8) is 0 Å². The van der Waals surface area contributed by atoms with Crippen molar-refractivity contribution in [1.82, 2.24) is 0 Å². The predicted octanol–water partition coefficient (Wildman–Crippen LogP) is 3.52. The van der Waals surface area contributed by atoms with E-state index in [2.05, 4.69) is 5.32 Å². The quantitative estimate of drug-likeness (QED) is 0.857. The summed E-state index contributed by atoms with van der Waals surface area (Å²) in [6, 6.07) is 12.3. The van der Waals surface area contributed by atoms with Crippen molar-refractivity contribution in [1.29, 1.82) is 0 Å². The van der Waals surface area contributed by atoms with Crippen LogP contribution in [-0.4, -0.2) is 25.3 Å². The summed E-state index contributed by atoms with van der Waals surface area (Å²) < 4.78 is 13.0. The molecule has 0 amide bonds. The number of nitrogens with zero attached hydrogens (tertiary/aromatic N) is 1. The number of anilines is 2. The molecule has 0 radical (unpaired) electrons. The van der Waals surface area contributed by atoms with E-state index in [9.17, 15) is 4.39 Å². The lowest BCUT2D eigenvalue weighted by Gasteiger charge is -2.18. The highest BCUT2D eigenvalue weighted by Gasteiger charge is 2.03. The SMILES string of the molecule is CN(CCO)c1ccc(NCc2ccc(F)cc2Cl)cc1. The number of aliphatic hydroxyl groups is 1. The maximum absolute atomic E-state index is 13.0. The van der Waals surface area contributed by atoms with Crippen molar-refractivity contribution < 1.29 is 9.50 Å². The molecule has 0 spiro atoms. The average molecular weight is 309 g/mol.